The van der Waals surface area contributed by atoms with Gasteiger partial charge in [0.25, 0.3) is 0 Å². The third kappa shape index (κ3) is 4.99. The lowest BCUT2D eigenvalue weighted by Gasteiger charge is -2.14. The lowest BCUT2D eigenvalue weighted by molar-refractivity contribution is 1.07. The summed E-state index contributed by atoms with van der Waals surface area (Å²) in [6.07, 6.45) is 0. The number of rotatable bonds is 5. The first-order valence-electron chi connectivity index (χ1n) is 16.2. The normalized spacial score (nSPS) is 11.3. The average molecular weight is 612 g/mol. The Kier molecular flexibility index (Phi) is 6.80. The molecule has 9 aromatic rings. The van der Waals surface area contributed by atoms with Crippen LogP contribution in [0.15, 0.2) is 176 Å². The summed E-state index contributed by atoms with van der Waals surface area (Å²) in [7, 11) is 0. The molecule has 3 nitrogen and oxygen atoms in total. The van der Waals surface area contributed by atoms with Crippen molar-refractivity contribution in [1.29, 1.82) is 0 Å². The van der Waals surface area contributed by atoms with Crippen LogP contribution in [0.25, 0.3) is 88.7 Å². The Labute approximate surface area is 278 Å². The number of aromatic nitrogens is 3. The molecule has 0 unspecified atom stereocenters. The molecule has 1 heterocycles. The molecule has 9 rings (SSSR count). The van der Waals surface area contributed by atoms with Crippen molar-refractivity contribution in [3.05, 3.63) is 176 Å². The van der Waals surface area contributed by atoms with E-state index in [-0.39, 0.29) is 0 Å². The zero-order valence-electron chi connectivity index (χ0n) is 26.1. The van der Waals surface area contributed by atoms with Crippen molar-refractivity contribution in [3.8, 4) is 56.4 Å². The van der Waals surface area contributed by atoms with Crippen molar-refractivity contribution >= 4 is 32.3 Å². The summed E-state index contributed by atoms with van der Waals surface area (Å²) in [5, 5.41) is 7.48. The van der Waals surface area contributed by atoms with E-state index in [0.29, 0.717) is 17.5 Å². The lowest BCUT2D eigenvalue weighted by Crippen LogP contribution is -2.00. The quantitative estimate of drug-likeness (QED) is 0.144. The third-order valence-electron chi connectivity index (χ3n) is 9.12. The minimum atomic E-state index is 0.645. The lowest BCUT2D eigenvalue weighted by atomic mass is 9.89. The molecule has 0 atom stereocenters. The zero-order chi connectivity index (χ0) is 31.9. The van der Waals surface area contributed by atoms with Crippen LogP contribution in [-0.4, -0.2) is 15.0 Å². The molecule has 1 aromatic heterocycles. The summed E-state index contributed by atoms with van der Waals surface area (Å²) in [4.78, 5) is 14.9. The highest BCUT2D eigenvalue weighted by molar-refractivity contribution is 6.20. The van der Waals surface area contributed by atoms with Crippen molar-refractivity contribution in [3.63, 3.8) is 0 Å². The maximum atomic E-state index is 5.02. The molecule has 0 aliphatic heterocycles. The van der Waals surface area contributed by atoms with Crippen LogP contribution in [0.2, 0.25) is 0 Å². The van der Waals surface area contributed by atoms with E-state index in [1.807, 2.05) is 36.4 Å². The molecule has 0 bridgehead atoms. The van der Waals surface area contributed by atoms with E-state index in [1.165, 1.54) is 43.4 Å². The predicted molar refractivity (Wildman–Crippen MR) is 200 cm³/mol. The van der Waals surface area contributed by atoms with Crippen molar-refractivity contribution in [2.45, 2.75) is 0 Å². The minimum Gasteiger partial charge on any atom is -0.208 e. The van der Waals surface area contributed by atoms with E-state index in [0.717, 1.165) is 27.8 Å². The molecule has 0 saturated carbocycles. The fraction of sp³-hybridized carbons (Fsp3) is 0. The highest BCUT2D eigenvalue weighted by Gasteiger charge is 2.15. The van der Waals surface area contributed by atoms with E-state index in [9.17, 15) is 0 Å². The predicted octanol–water partition coefficient (Wildman–Crippen LogP) is 11.7. The first-order chi connectivity index (χ1) is 23.8. The Balaban J connectivity index is 1.17. The van der Waals surface area contributed by atoms with Gasteiger partial charge in [-0.3, -0.25) is 0 Å². The molecule has 0 radical (unpaired) electrons. The topological polar surface area (TPSA) is 38.7 Å². The van der Waals surface area contributed by atoms with Crippen molar-refractivity contribution in [1.82, 2.24) is 15.0 Å². The molecule has 224 valence electrons. The van der Waals surface area contributed by atoms with Crippen LogP contribution in [-0.2, 0) is 0 Å². The van der Waals surface area contributed by atoms with Crippen molar-refractivity contribution < 1.29 is 0 Å². The highest BCUT2D eigenvalue weighted by atomic mass is 15.0. The van der Waals surface area contributed by atoms with Gasteiger partial charge in [0, 0.05) is 16.7 Å². The highest BCUT2D eigenvalue weighted by Crippen LogP contribution is 2.40. The van der Waals surface area contributed by atoms with Crippen LogP contribution in [0.3, 0.4) is 0 Å². The van der Waals surface area contributed by atoms with Gasteiger partial charge in [0.1, 0.15) is 0 Å². The van der Waals surface area contributed by atoms with Crippen LogP contribution in [0.1, 0.15) is 0 Å². The van der Waals surface area contributed by atoms with Gasteiger partial charge in [0.15, 0.2) is 17.5 Å². The number of hydrogen-bond donors (Lipinski definition) is 0. The van der Waals surface area contributed by atoms with E-state index in [4.69, 9.17) is 15.0 Å². The van der Waals surface area contributed by atoms with E-state index in [1.54, 1.807) is 0 Å². The van der Waals surface area contributed by atoms with Crippen LogP contribution >= 0.6 is 0 Å². The van der Waals surface area contributed by atoms with Gasteiger partial charge in [-0.05, 0) is 60.6 Å². The summed E-state index contributed by atoms with van der Waals surface area (Å²) in [6, 6.07) is 61.7. The van der Waals surface area contributed by atoms with Gasteiger partial charge in [-0.2, -0.15) is 0 Å². The second-order valence-electron chi connectivity index (χ2n) is 12.0. The number of hydrogen-bond acceptors (Lipinski definition) is 3. The molecule has 0 amide bonds. The Morgan fingerprint density at radius 1 is 0.250 bits per heavy atom. The van der Waals surface area contributed by atoms with E-state index in [2.05, 4.69) is 140 Å². The molecule has 0 fully saturated rings. The largest absolute Gasteiger partial charge is 0.208 e. The molecule has 0 aliphatic carbocycles. The van der Waals surface area contributed by atoms with Gasteiger partial charge < -0.3 is 0 Å². The molecule has 0 saturated heterocycles. The standard InChI is InChI=1S/C45H29N3/c1-3-11-30(12-4-1)31-19-23-35(24-20-31)44-46-43(34-14-5-2-6-15-34)47-45(48-44)36-25-21-33(22-26-36)42-39-18-10-8-16-37(39)29-41-38-17-9-7-13-32(38)27-28-40(41)42/h1-29H. The van der Waals surface area contributed by atoms with Crippen LogP contribution in [0.5, 0.6) is 0 Å². The maximum Gasteiger partial charge on any atom is 0.164 e. The van der Waals surface area contributed by atoms with E-state index < -0.39 is 0 Å². The second-order valence-corrected chi connectivity index (χ2v) is 12.0. The van der Waals surface area contributed by atoms with E-state index >= 15 is 0 Å². The summed E-state index contributed by atoms with van der Waals surface area (Å²) >= 11 is 0. The van der Waals surface area contributed by atoms with Crippen LogP contribution in [0.4, 0.5) is 0 Å². The van der Waals surface area contributed by atoms with Gasteiger partial charge in [0.05, 0.1) is 0 Å². The molecular weight excluding hydrogens is 583 g/mol. The molecule has 48 heavy (non-hydrogen) atoms. The Hall–Kier alpha value is -6.45. The zero-order valence-corrected chi connectivity index (χ0v) is 26.1. The first-order valence-corrected chi connectivity index (χ1v) is 16.2. The number of nitrogens with zero attached hydrogens (tertiary/aromatic N) is 3. The van der Waals surface area contributed by atoms with Crippen LogP contribution < -0.4 is 0 Å². The molecular formula is C45H29N3. The molecule has 0 N–H and O–H groups in total. The molecule has 0 spiro atoms. The summed E-state index contributed by atoms with van der Waals surface area (Å²) in [5.41, 5.74) is 7.57. The van der Waals surface area contributed by atoms with Crippen molar-refractivity contribution in [2.75, 3.05) is 0 Å². The Morgan fingerprint density at radius 3 is 1.31 bits per heavy atom. The minimum absolute atomic E-state index is 0.645. The van der Waals surface area contributed by atoms with Gasteiger partial charge in [0.2, 0.25) is 0 Å². The van der Waals surface area contributed by atoms with Gasteiger partial charge >= 0.3 is 0 Å². The monoisotopic (exact) mass is 611 g/mol. The maximum absolute atomic E-state index is 5.02. The number of fused-ring (bicyclic) bond motifs is 4. The SMILES string of the molecule is c1ccc(-c2ccc(-c3nc(-c4ccccc4)nc(-c4ccc(-c5c6ccccc6cc6c5ccc5ccccc56)cc4)n3)cc2)cc1. The Bertz CT molecular complexity index is 2580. The molecule has 0 aliphatic rings. The summed E-state index contributed by atoms with van der Waals surface area (Å²) < 4.78 is 0. The smallest absolute Gasteiger partial charge is 0.164 e. The fourth-order valence-corrected chi connectivity index (χ4v) is 6.71. The summed E-state index contributed by atoms with van der Waals surface area (Å²) in [6.45, 7) is 0. The van der Waals surface area contributed by atoms with Gasteiger partial charge in [-0.25, -0.2) is 15.0 Å². The fourth-order valence-electron chi connectivity index (χ4n) is 6.71. The third-order valence-corrected chi connectivity index (χ3v) is 9.12. The Morgan fingerprint density at radius 2 is 0.688 bits per heavy atom. The second kappa shape index (κ2) is 11.7. The van der Waals surface area contributed by atoms with Gasteiger partial charge in [-0.1, -0.05) is 170 Å². The number of benzene rings is 8. The molecule has 8 aromatic carbocycles. The average Bonchev–Trinajstić information content (AvgIpc) is 3.17. The van der Waals surface area contributed by atoms with Crippen molar-refractivity contribution in [2.24, 2.45) is 0 Å². The first kappa shape index (κ1) is 27.8. The van der Waals surface area contributed by atoms with Gasteiger partial charge in [-0.15, -0.1) is 0 Å². The molecule has 3 heteroatoms. The van der Waals surface area contributed by atoms with Crippen LogP contribution in [0, 0.1) is 0 Å². The summed E-state index contributed by atoms with van der Waals surface area (Å²) in [5.74, 6) is 1.94.